The molecule has 5 nitrogen and oxygen atoms in total. The smallest absolute Gasteiger partial charge is 0.303 e. The van der Waals surface area contributed by atoms with Gasteiger partial charge in [0.25, 0.3) is 0 Å². The Bertz CT molecular complexity index is 3240. The van der Waals surface area contributed by atoms with E-state index in [1.165, 1.54) is 32.6 Å². The average molecular weight is 705 g/mol. The summed E-state index contributed by atoms with van der Waals surface area (Å²) in [6.45, 7) is 0. The Kier molecular flexibility index (Phi) is 6.20. The van der Waals surface area contributed by atoms with Crippen LogP contribution in [0.3, 0.4) is 0 Å². The van der Waals surface area contributed by atoms with Crippen LogP contribution in [0.5, 0.6) is 6.01 Å². The van der Waals surface area contributed by atoms with Gasteiger partial charge in [-0.3, -0.25) is 4.57 Å². The molecule has 8 aromatic carbocycles. The van der Waals surface area contributed by atoms with Crippen molar-refractivity contribution in [2.45, 2.75) is 5.60 Å². The molecule has 1 aliphatic rings. The molecule has 0 bridgehead atoms. The third-order valence-corrected chi connectivity index (χ3v) is 11.5. The number of aromatic nitrogens is 4. The lowest BCUT2D eigenvalue weighted by Crippen LogP contribution is -2.40. The Morgan fingerprint density at radius 1 is 0.382 bits per heavy atom. The summed E-state index contributed by atoms with van der Waals surface area (Å²) in [6, 6.07) is 69.8. The number of hydrogen-bond donors (Lipinski definition) is 0. The van der Waals surface area contributed by atoms with Crippen molar-refractivity contribution >= 4 is 54.6 Å². The van der Waals surface area contributed by atoms with Crippen molar-refractivity contribution in [1.82, 2.24) is 18.7 Å². The molecule has 3 aromatic heterocycles. The first-order chi connectivity index (χ1) is 27.3. The van der Waals surface area contributed by atoms with Crippen molar-refractivity contribution in [3.63, 3.8) is 0 Å². The van der Waals surface area contributed by atoms with Gasteiger partial charge in [-0.1, -0.05) is 127 Å². The van der Waals surface area contributed by atoms with E-state index >= 15 is 0 Å². The SMILES string of the molecule is c1ccc(-n2c3ccccc3c3cc4c(cc32)c2ccccc2n4-c2ccc3c(c2)C(c2ccccc2)(c2ccccc2)Oc2nc4ccccc4n2-3)cc1. The highest BCUT2D eigenvalue weighted by Crippen LogP contribution is 2.50. The lowest BCUT2D eigenvalue weighted by atomic mass is 9.78. The molecule has 1 aliphatic heterocycles. The summed E-state index contributed by atoms with van der Waals surface area (Å²) in [5.74, 6) is 0. The van der Waals surface area contributed by atoms with E-state index in [9.17, 15) is 0 Å². The predicted molar refractivity (Wildman–Crippen MR) is 223 cm³/mol. The third kappa shape index (κ3) is 4.15. The highest BCUT2D eigenvalue weighted by molar-refractivity contribution is 6.19. The average Bonchev–Trinajstić information content (AvgIpc) is 3.90. The van der Waals surface area contributed by atoms with Crippen LogP contribution >= 0.6 is 0 Å². The minimum Gasteiger partial charge on any atom is -0.443 e. The molecule has 0 radical (unpaired) electrons. The fourth-order valence-electron chi connectivity index (χ4n) is 9.14. The largest absolute Gasteiger partial charge is 0.443 e. The lowest BCUT2D eigenvalue weighted by Gasteiger charge is -2.40. The summed E-state index contributed by atoms with van der Waals surface area (Å²) in [4.78, 5) is 5.06. The number of ether oxygens (including phenoxy) is 1. The maximum Gasteiger partial charge on any atom is 0.303 e. The van der Waals surface area contributed by atoms with E-state index < -0.39 is 5.60 Å². The van der Waals surface area contributed by atoms with Gasteiger partial charge in [-0.15, -0.1) is 0 Å². The maximum atomic E-state index is 7.34. The van der Waals surface area contributed by atoms with Crippen LogP contribution in [0.25, 0.3) is 71.7 Å². The zero-order chi connectivity index (χ0) is 36.1. The molecule has 0 saturated carbocycles. The lowest BCUT2D eigenvalue weighted by molar-refractivity contribution is 0.128. The van der Waals surface area contributed by atoms with Crippen molar-refractivity contribution < 1.29 is 4.74 Å². The summed E-state index contributed by atoms with van der Waals surface area (Å²) < 4.78 is 14.3. The van der Waals surface area contributed by atoms with E-state index in [0.717, 1.165) is 55.8 Å². The molecule has 0 aliphatic carbocycles. The molecule has 12 rings (SSSR count). The van der Waals surface area contributed by atoms with Crippen LogP contribution in [0.4, 0.5) is 0 Å². The molecule has 0 fully saturated rings. The fraction of sp³-hybridized carbons (Fsp3) is 0.0200. The molecule has 0 N–H and O–H groups in total. The van der Waals surface area contributed by atoms with Crippen LogP contribution in [-0.2, 0) is 5.60 Å². The molecule has 258 valence electrons. The van der Waals surface area contributed by atoms with Gasteiger partial charge in [0.05, 0.1) is 38.8 Å². The normalized spacial score (nSPS) is 13.4. The molecule has 55 heavy (non-hydrogen) atoms. The van der Waals surface area contributed by atoms with Gasteiger partial charge >= 0.3 is 6.01 Å². The number of nitrogens with zero attached hydrogens (tertiary/aromatic N) is 4. The van der Waals surface area contributed by atoms with Crippen molar-refractivity contribution in [2.75, 3.05) is 0 Å². The van der Waals surface area contributed by atoms with Gasteiger partial charge in [-0.2, -0.15) is 4.98 Å². The Morgan fingerprint density at radius 3 is 1.51 bits per heavy atom. The van der Waals surface area contributed by atoms with Crippen molar-refractivity contribution in [3.8, 4) is 23.1 Å². The first kappa shape index (κ1) is 30.1. The van der Waals surface area contributed by atoms with E-state index in [0.29, 0.717) is 6.01 Å². The maximum absolute atomic E-state index is 7.34. The zero-order valence-electron chi connectivity index (χ0n) is 29.7. The van der Waals surface area contributed by atoms with Gasteiger partial charge in [0.1, 0.15) is 0 Å². The highest BCUT2D eigenvalue weighted by atomic mass is 16.5. The van der Waals surface area contributed by atoms with Gasteiger partial charge in [0.15, 0.2) is 5.60 Å². The molecule has 0 atom stereocenters. The molecule has 0 amide bonds. The molecule has 0 unspecified atom stereocenters. The molecule has 0 spiro atoms. The van der Waals surface area contributed by atoms with Gasteiger partial charge in [0.2, 0.25) is 0 Å². The van der Waals surface area contributed by atoms with Crippen LogP contribution in [0.2, 0.25) is 0 Å². The number of benzene rings is 8. The monoisotopic (exact) mass is 704 g/mol. The van der Waals surface area contributed by atoms with Crippen molar-refractivity contribution in [3.05, 3.63) is 211 Å². The second-order valence-corrected chi connectivity index (χ2v) is 14.4. The summed E-state index contributed by atoms with van der Waals surface area (Å²) in [6.07, 6.45) is 0. The van der Waals surface area contributed by atoms with Gasteiger partial charge in [0, 0.05) is 49.6 Å². The number of rotatable bonds is 4. The van der Waals surface area contributed by atoms with Gasteiger partial charge < -0.3 is 13.9 Å². The van der Waals surface area contributed by atoms with Crippen LogP contribution in [-0.4, -0.2) is 18.7 Å². The molecule has 0 saturated heterocycles. The van der Waals surface area contributed by atoms with E-state index in [-0.39, 0.29) is 0 Å². The number of para-hydroxylation sites is 5. The quantitative estimate of drug-likeness (QED) is 0.183. The summed E-state index contributed by atoms with van der Waals surface area (Å²) in [5.41, 5.74) is 12.0. The second-order valence-electron chi connectivity index (χ2n) is 14.4. The number of imidazole rings is 1. The van der Waals surface area contributed by atoms with Crippen molar-refractivity contribution in [2.24, 2.45) is 0 Å². The summed E-state index contributed by atoms with van der Waals surface area (Å²) in [7, 11) is 0. The first-order valence-electron chi connectivity index (χ1n) is 18.7. The number of fused-ring (bicyclic) bond motifs is 11. The Morgan fingerprint density at radius 2 is 0.891 bits per heavy atom. The fourth-order valence-corrected chi connectivity index (χ4v) is 9.14. The first-order valence-corrected chi connectivity index (χ1v) is 18.7. The van der Waals surface area contributed by atoms with Crippen LogP contribution in [0.15, 0.2) is 194 Å². The molecule has 11 aromatic rings. The van der Waals surface area contributed by atoms with Gasteiger partial charge in [-0.05, 0) is 66.7 Å². The number of hydrogen-bond acceptors (Lipinski definition) is 2. The van der Waals surface area contributed by atoms with Crippen LogP contribution in [0, 0.1) is 0 Å². The molecular formula is C50H32N4O. The Hall–Kier alpha value is -7.37. The molecule has 5 heteroatoms. The van der Waals surface area contributed by atoms with Gasteiger partial charge in [-0.25, -0.2) is 0 Å². The van der Waals surface area contributed by atoms with E-state index in [4.69, 9.17) is 9.72 Å². The minimum absolute atomic E-state index is 0.572. The Balaban J connectivity index is 1.20. The second kappa shape index (κ2) is 11.3. The topological polar surface area (TPSA) is 36.9 Å². The minimum atomic E-state index is -0.972. The van der Waals surface area contributed by atoms with Crippen LogP contribution < -0.4 is 4.74 Å². The van der Waals surface area contributed by atoms with Crippen LogP contribution in [0.1, 0.15) is 16.7 Å². The third-order valence-electron chi connectivity index (χ3n) is 11.5. The van der Waals surface area contributed by atoms with E-state index in [1.807, 2.05) is 6.07 Å². The van der Waals surface area contributed by atoms with E-state index in [1.54, 1.807) is 0 Å². The Labute approximate surface area is 316 Å². The molecular weight excluding hydrogens is 673 g/mol. The summed E-state index contributed by atoms with van der Waals surface area (Å²) in [5, 5.41) is 4.86. The zero-order valence-corrected chi connectivity index (χ0v) is 29.7. The molecule has 4 heterocycles. The highest BCUT2D eigenvalue weighted by Gasteiger charge is 2.46. The summed E-state index contributed by atoms with van der Waals surface area (Å²) >= 11 is 0. The standard InChI is InChI=1S/C50H32N4O/c1-4-16-33(17-5-1)50(34-18-6-2-7-19-34)41-30-36(28-29-45(41)54-46-27-15-12-24-42(46)51-49(54)55-50)53-44-26-14-11-23-38(44)40-31-47-39(32-48(40)53)37-22-10-13-25-43(37)52(47)35-20-8-3-9-21-35/h1-32H. The predicted octanol–water partition coefficient (Wildman–Crippen LogP) is 11.9. The van der Waals surface area contributed by atoms with Crippen molar-refractivity contribution in [1.29, 1.82) is 0 Å². The van der Waals surface area contributed by atoms with E-state index in [2.05, 4.69) is 202 Å².